The molecule has 0 unspecified atom stereocenters. The molecule has 0 spiro atoms. The highest BCUT2D eigenvalue weighted by Crippen LogP contribution is 2.23. The molecule has 32 heavy (non-hydrogen) atoms. The molecule has 1 saturated heterocycles. The lowest BCUT2D eigenvalue weighted by Gasteiger charge is -2.30. The Morgan fingerprint density at radius 2 is 1.72 bits per heavy atom. The third kappa shape index (κ3) is 6.68. The minimum Gasteiger partial charge on any atom is -0.507 e. The summed E-state index contributed by atoms with van der Waals surface area (Å²) in [5, 5.41) is 9.81. The number of phenols is 1. The van der Waals surface area contributed by atoms with Gasteiger partial charge in [-0.1, -0.05) is 29.8 Å². The van der Waals surface area contributed by atoms with E-state index >= 15 is 0 Å². The van der Waals surface area contributed by atoms with Gasteiger partial charge in [-0.25, -0.2) is 4.79 Å². The number of para-hydroxylation sites is 1. The van der Waals surface area contributed by atoms with Crippen molar-refractivity contribution in [2.24, 2.45) is 17.2 Å². The Bertz CT molecular complexity index is 991. The molecule has 2 aromatic carbocycles. The van der Waals surface area contributed by atoms with Crippen LogP contribution in [-0.4, -0.2) is 49.4 Å². The molecule has 0 aromatic heterocycles. The van der Waals surface area contributed by atoms with Gasteiger partial charge in [-0.15, -0.1) is 0 Å². The molecule has 2 aromatic rings. The summed E-state index contributed by atoms with van der Waals surface area (Å²) in [5.41, 5.74) is 21.8. The van der Waals surface area contributed by atoms with Crippen LogP contribution in [0.2, 0.25) is 0 Å². The lowest BCUT2D eigenvalue weighted by Crippen LogP contribution is -2.37. The lowest BCUT2D eigenvalue weighted by molar-refractivity contribution is 0.0548. The van der Waals surface area contributed by atoms with Gasteiger partial charge in [0.2, 0.25) is 0 Å². The van der Waals surface area contributed by atoms with E-state index in [1.807, 2.05) is 36.9 Å². The number of aryl methyl sites for hydroxylation is 2. The summed E-state index contributed by atoms with van der Waals surface area (Å²) in [4.78, 5) is 13.2. The standard InChI is InChI=1S/C14H20N4O2.C10H12O2/c15-11(10-3-1-2-4-13(10)19)9-12(14(16)17)18-5-7-20-8-6-18;1-7-4-5-8(2)9(6-7)10(11)12-3/h1-4,9,19H,5-8,15-17H2;4-6H,1-3H3/b11-9-;. The van der Waals surface area contributed by atoms with Gasteiger partial charge in [0.1, 0.15) is 11.6 Å². The fourth-order valence-corrected chi connectivity index (χ4v) is 3.17. The first-order chi connectivity index (χ1) is 15.2. The number of morpholine rings is 1. The zero-order valence-corrected chi connectivity index (χ0v) is 18.8. The second-order valence-electron chi connectivity index (χ2n) is 7.37. The molecule has 172 valence electrons. The number of carbonyl (C=O) groups excluding carboxylic acids is 1. The van der Waals surface area contributed by atoms with E-state index in [1.165, 1.54) is 7.11 Å². The average Bonchev–Trinajstić information content (AvgIpc) is 2.79. The SMILES string of the molecule is COC(=O)c1cc(C)ccc1C.NC(N)=C(/C=C(\N)c1ccccc1O)N1CCOCC1. The molecular weight excluding hydrogens is 408 g/mol. The Hall–Kier alpha value is -3.65. The van der Waals surface area contributed by atoms with Crippen molar-refractivity contribution < 1.29 is 19.4 Å². The number of carbonyl (C=O) groups is 1. The third-order valence-corrected chi connectivity index (χ3v) is 4.95. The van der Waals surface area contributed by atoms with Crippen molar-refractivity contribution in [2.45, 2.75) is 13.8 Å². The number of allylic oxidation sites excluding steroid dienone is 1. The Balaban J connectivity index is 0.000000258. The number of methoxy groups -OCH3 is 1. The van der Waals surface area contributed by atoms with Gasteiger partial charge in [0, 0.05) is 24.4 Å². The molecule has 1 heterocycles. The molecule has 0 atom stereocenters. The van der Waals surface area contributed by atoms with Gasteiger partial charge in [-0.05, 0) is 43.7 Å². The predicted octanol–water partition coefficient (Wildman–Crippen LogP) is 2.20. The Kier molecular flexibility index (Phi) is 8.97. The van der Waals surface area contributed by atoms with E-state index < -0.39 is 0 Å². The number of aromatic hydroxyl groups is 1. The first-order valence-electron chi connectivity index (χ1n) is 10.2. The van der Waals surface area contributed by atoms with E-state index in [9.17, 15) is 9.90 Å². The maximum atomic E-state index is 11.2. The molecule has 0 bridgehead atoms. The van der Waals surface area contributed by atoms with Crippen LogP contribution in [0.5, 0.6) is 5.75 Å². The van der Waals surface area contributed by atoms with Crippen molar-refractivity contribution in [3.05, 3.63) is 82.3 Å². The van der Waals surface area contributed by atoms with Crippen LogP contribution >= 0.6 is 0 Å². The van der Waals surface area contributed by atoms with Gasteiger partial charge < -0.3 is 36.7 Å². The molecule has 0 aliphatic carbocycles. The minimum atomic E-state index is -0.267. The van der Waals surface area contributed by atoms with Crippen LogP contribution in [0, 0.1) is 13.8 Å². The number of hydrogen-bond donors (Lipinski definition) is 4. The van der Waals surface area contributed by atoms with E-state index in [0.717, 1.165) is 11.1 Å². The van der Waals surface area contributed by atoms with Crippen LogP contribution in [0.3, 0.4) is 0 Å². The van der Waals surface area contributed by atoms with E-state index in [-0.39, 0.29) is 17.5 Å². The topological polar surface area (TPSA) is 137 Å². The van der Waals surface area contributed by atoms with E-state index in [1.54, 1.807) is 30.3 Å². The Morgan fingerprint density at radius 1 is 1.06 bits per heavy atom. The van der Waals surface area contributed by atoms with E-state index in [4.69, 9.17) is 21.9 Å². The number of nitrogens with zero attached hydrogens (tertiary/aromatic N) is 1. The second kappa shape index (κ2) is 11.7. The molecule has 3 rings (SSSR count). The van der Waals surface area contributed by atoms with Crippen molar-refractivity contribution in [3.63, 3.8) is 0 Å². The highest BCUT2D eigenvalue weighted by molar-refractivity contribution is 5.91. The van der Waals surface area contributed by atoms with Crippen molar-refractivity contribution in [2.75, 3.05) is 33.4 Å². The number of ether oxygens (including phenoxy) is 2. The molecule has 8 nitrogen and oxygen atoms in total. The molecule has 7 N–H and O–H groups in total. The van der Waals surface area contributed by atoms with Gasteiger partial charge in [0.25, 0.3) is 0 Å². The van der Waals surface area contributed by atoms with Gasteiger partial charge in [0.15, 0.2) is 0 Å². The number of phenolic OH excluding ortho intramolecular Hbond substituents is 1. The van der Waals surface area contributed by atoms with Crippen LogP contribution < -0.4 is 17.2 Å². The van der Waals surface area contributed by atoms with Gasteiger partial charge in [0.05, 0.1) is 31.6 Å². The normalized spacial score (nSPS) is 13.6. The van der Waals surface area contributed by atoms with E-state index in [0.29, 0.717) is 48.8 Å². The maximum absolute atomic E-state index is 11.2. The van der Waals surface area contributed by atoms with Crippen molar-refractivity contribution in [3.8, 4) is 5.75 Å². The summed E-state index contributed by atoms with van der Waals surface area (Å²) in [6, 6.07) is 12.6. The molecule has 1 aliphatic rings. The fourth-order valence-electron chi connectivity index (χ4n) is 3.17. The monoisotopic (exact) mass is 440 g/mol. The highest BCUT2D eigenvalue weighted by Gasteiger charge is 2.15. The zero-order valence-electron chi connectivity index (χ0n) is 18.8. The minimum absolute atomic E-state index is 0.123. The van der Waals surface area contributed by atoms with Gasteiger partial charge >= 0.3 is 5.97 Å². The summed E-state index contributed by atoms with van der Waals surface area (Å²) in [5.74, 6) is 0.0552. The first kappa shape index (κ1) is 24.6. The molecule has 1 fully saturated rings. The number of nitrogens with two attached hydrogens (primary N) is 3. The molecule has 0 radical (unpaired) electrons. The number of rotatable bonds is 4. The number of hydrogen-bond acceptors (Lipinski definition) is 8. The van der Waals surface area contributed by atoms with Crippen LogP contribution in [-0.2, 0) is 9.47 Å². The fraction of sp³-hybridized carbons (Fsp3) is 0.292. The molecule has 8 heteroatoms. The zero-order chi connectivity index (χ0) is 23.7. The van der Waals surface area contributed by atoms with Crippen molar-refractivity contribution >= 4 is 11.7 Å². The summed E-state index contributed by atoms with van der Waals surface area (Å²) in [7, 11) is 1.39. The molecule has 0 saturated carbocycles. The summed E-state index contributed by atoms with van der Waals surface area (Å²) < 4.78 is 9.93. The Morgan fingerprint density at radius 3 is 2.31 bits per heavy atom. The molecule has 1 aliphatic heterocycles. The second-order valence-corrected chi connectivity index (χ2v) is 7.37. The van der Waals surface area contributed by atoms with E-state index in [2.05, 4.69) is 4.74 Å². The third-order valence-electron chi connectivity index (χ3n) is 4.95. The quantitative estimate of drug-likeness (QED) is 0.419. The number of benzene rings is 2. The molecule has 0 amide bonds. The molecular formula is C24H32N4O4. The van der Waals surface area contributed by atoms with Crippen LogP contribution in [0.25, 0.3) is 5.70 Å². The Labute approximate surface area is 188 Å². The smallest absolute Gasteiger partial charge is 0.338 e. The largest absolute Gasteiger partial charge is 0.507 e. The maximum Gasteiger partial charge on any atom is 0.338 e. The highest BCUT2D eigenvalue weighted by atomic mass is 16.5. The van der Waals surface area contributed by atoms with Crippen molar-refractivity contribution in [1.29, 1.82) is 0 Å². The van der Waals surface area contributed by atoms with Gasteiger partial charge in [-0.3, -0.25) is 0 Å². The lowest BCUT2D eigenvalue weighted by atomic mass is 10.1. The summed E-state index contributed by atoms with van der Waals surface area (Å²) >= 11 is 0. The van der Waals surface area contributed by atoms with Crippen LogP contribution in [0.4, 0.5) is 0 Å². The van der Waals surface area contributed by atoms with Crippen LogP contribution in [0.15, 0.2) is 60.1 Å². The predicted molar refractivity (Wildman–Crippen MR) is 125 cm³/mol. The van der Waals surface area contributed by atoms with Gasteiger partial charge in [-0.2, -0.15) is 0 Å². The summed E-state index contributed by atoms with van der Waals surface area (Å²) in [6.07, 6.45) is 1.69. The van der Waals surface area contributed by atoms with Crippen LogP contribution in [0.1, 0.15) is 27.0 Å². The van der Waals surface area contributed by atoms with Crippen molar-refractivity contribution in [1.82, 2.24) is 4.90 Å². The first-order valence-corrected chi connectivity index (χ1v) is 10.2. The number of esters is 1. The average molecular weight is 441 g/mol. The summed E-state index contributed by atoms with van der Waals surface area (Å²) in [6.45, 7) is 6.51.